The van der Waals surface area contributed by atoms with Crippen LogP contribution < -0.4 is 5.73 Å². The van der Waals surface area contributed by atoms with Crippen molar-refractivity contribution in [3.8, 4) is 0 Å². The fraction of sp³-hybridized carbons (Fsp3) is 0.786. The summed E-state index contributed by atoms with van der Waals surface area (Å²) >= 11 is 1.87. The molecular weight excluding hydrogens is 228 g/mol. The third-order valence-electron chi connectivity index (χ3n) is 4.16. The van der Waals surface area contributed by atoms with Gasteiger partial charge in [-0.05, 0) is 37.5 Å². The molecule has 1 aromatic heterocycles. The number of thiazole rings is 1. The maximum atomic E-state index is 6.46. The van der Waals surface area contributed by atoms with Crippen LogP contribution in [0.1, 0.15) is 68.5 Å². The van der Waals surface area contributed by atoms with Gasteiger partial charge in [-0.15, -0.1) is 11.3 Å². The van der Waals surface area contributed by atoms with Crippen LogP contribution in [0, 0.1) is 5.92 Å². The van der Waals surface area contributed by atoms with Gasteiger partial charge < -0.3 is 5.73 Å². The van der Waals surface area contributed by atoms with E-state index in [-0.39, 0.29) is 5.54 Å². The summed E-state index contributed by atoms with van der Waals surface area (Å²) in [5.41, 5.74) is 7.58. The predicted octanol–water partition coefficient (Wildman–Crippen LogP) is 3.80. The van der Waals surface area contributed by atoms with Gasteiger partial charge in [-0.2, -0.15) is 0 Å². The summed E-state index contributed by atoms with van der Waals surface area (Å²) in [5.74, 6) is 1.43. The van der Waals surface area contributed by atoms with Crippen LogP contribution in [0.3, 0.4) is 0 Å². The number of hydrogen-bond donors (Lipinski definition) is 1. The van der Waals surface area contributed by atoms with E-state index in [9.17, 15) is 0 Å². The highest BCUT2D eigenvalue weighted by Gasteiger charge is 2.32. The van der Waals surface area contributed by atoms with Gasteiger partial charge in [0.25, 0.3) is 0 Å². The van der Waals surface area contributed by atoms with Gasteiger partial charge in [0.1, 0.15) is 5.01 Å². The maximum Gasteiger partial charge on any atom is 0.113 e. The number of fused-ring (bicyclic) bond motifs is 1. The molecule has 2 atom stereocenters. The van der Waals surface area contributed by atoms with E-state index in [1.165, 1.54) is 17.0 Å². The lowest BCUT2D eigenvalue weighted by Gasteiger charge is -2.23. The lowest BCUT2D eigenvalue weighted by molar-refractivity contribution is 0.406. The second-order valence-electron chi connectivity index (χ2n) is 5.64. The average molecular weight is 252 g/mol. The molecule has 2 N–H and O–H groups in total. The number of rotatable bonds is 3. The Kier molecular flexibility index (Phi) is 3.60. The lowest BCUT2D eigenvalue weighted by atomic mass is 9.85. The summed E-state index contributed by atoms with van der Waals surface area (Å²) in [5, 5.41) is 1.16. The monoisotopic (exact) mass is 252 g/mol. The van der Waals surface area contributed by atoms with Crippen LogP contribution in [-0.2, 0) is 12.0 Å². The van der Waals surface area contributed by atoms with E-state index >= 15 is 0 Å². The maximum absolute atomic E-state index is 6.46. The first-order chi connectivity index (χ1) is 8.00. The molecule has 1 aliphatic carbocycles. The molecule has 0 saturated carbocycles. The molecule has 1 aromatic rings. The molecule has 2 unspecified atom stereocenters. The Morgan fingerprint density at radius 1 is 1.35 bits per heavy atom. The number of nitrogens with zero attached hydrogens (tertiary/aromatic N) is 1. The summed E-state index contributed by atoms with van der Waals surface area (Å²) in [7, 11) is 0. The Labute approximate surface area is 109 Å². The van der Waals surface area contributed by atoms with Crippen LogP contribution in [0.5, 0.6) is 0 Å². The van der Waals surface area contributed by atoms with Crippen molar-refractivity contribution < 1.29 is 0 Å². The van der Waals surface area contributed by atoms with Crippen LogP contribution >= 0.6 is 11.3 Å². The molecule has 0 amide bonds. The van der Waals surface area contributed by atoms with Crippen molar-refractivity contribution in [2.75, 3.05) is 0 Å². The van der Waals surface area contributed by atoms with Crippen molar-refractivity contribution in [1.29, 1.82) is 0 Å². The predicted molar refractivity (Wildman–Crippen MR) is 74.5 cm³/mol. The van der Waals surface area contributed by atoms with Gasteiger partial charge in [0.15, 0.2) is 0 Å². The van der Waals surface area contributed by atoms with Gasteiger partial charge in [-0.25, -0.2) is 4.98 Å². The second-order valence-corrected chi connectivity index (χ2v) is 6.67. The normalized spacial score (nSPS) is 24.8. The minimum atomic E-state index is -0.203. The molecule has 0 aromatic carbocycles. The smallest absolute Gasteiger partial charge is 0.113 e. The fourth-order valence-corrected chi connectivity index (χ4v) is 4.18. The summed E-state index contributed by atoms with van der Waals surface area (Å²) in [4.78, 5) is 6.35. The van der Waals surface area contributed by atoms with Crippen molar-refractivity contribution in [2.45, 2.75) is 64.8 Å². The third-order valence-corrected chi connectivity index (χ3v) is 5.71. The highest BCUT2D eigenvalue weighted by Crippen LogP contribution is 2.41. The first-order valence-electron chi connectivity index (χ1n) is 6.79. The SMILES string of the molecule is CCC(N)(CC)c1nc2c(s1)C(C)CC(C)C2. The van der Waals surface area contributed by atoms with Crippen LogP contribution in [0.2, 0.25) is 0 Å². The van der Waals surface area contributed by atoms with Crippen molar-refractivity contribution in [2.24, 2.45) is 11.7 Å². The molecule has 0 bridgehead atoms. The zero-order valence-corrected chi connectivity index (χ0v) is 12.2. The van der Waals surface area contributed by atoms with Crippen LogP contribution in [0.4, 0.5) is 0 Å². The molecule has 1 aliphatic rings. The van der Waals surface area contributed by atoms with E-state index in [0.29, 0.717) is 5.92 Å². The van der Waals surface area contributed by atoms with Gasteiger partial charge in [-0.1, -0.05) is 27.7 Å². The van der Waals surface area contributed by atoms with Gasteiger partial charge in [0.2, 0.25) is 0 Å². The third kappa shape index (κ3) is 2.27. The zero-order chi connectivity index (χ0) is 12.6. The van der Waals surface area contributed by atoms with Crippen molar-refractivity contribution in [3.05, 3.63) is 15.6 Å². The largest absolute Gasteiger partial charge is 0.319 e. The molecule has 0 spiro atoms. The average Bonchev–Trinajstić information content (AvgIpc) is 2.72. The molecule has 0 saturated heterocycles. The van der Waals surface area contributed by atoms with Gasteiger partial charge >= 0.3 is 0 Å². The molecule has 0 fully saturated rings. The molecule has 2 rings (SSSR count). The van der Waals surface area contributed by atoms with Gasteiger partial charge in [0.05, 0.1) is 11.2 Å². The Bertz CT molecular complexity index is 393. The first kappa shape index (κ1) is 13.0. The lowest BCUT2D eigenvalue weighted by Crippen LogP contribution is -2.35. The summed E-state index contributed by atoms with van der Waals surface area (Å²) in [6.07, 6.45) is 4.38. The minimum absolute atomic E-state index is 0.203. The van der Waals surface area contributed by atoms with E-state index in [2.05, 4.69) is 27.7 Å². The molecule has 96 valence electrons. The topological polar surface area (TPSA) is 38.9 Å². The molecule has 17 heavy (non-hydrogen) atoms. The quantitative estimate of drug-likeness (QED) is 0.888. The molecule has 3 heteroatoms. The zero-order valence-electron chi connectivity index (χ0n) is 11.4. The van der Waals surface area contributed by atoms with Crippen molar-refractivity contribution in [1.82, 2.24) is 4.98 Å². The van der Waals surface area contributed by atoms with E-state index in [0.717, 1.165) is 30.2 Å². The van der Waals surface area contributed by atoms with E-state index < -0.39 is 0 Å². The van der Waals surface area contributed by atoms with Crippen molar-refractivity contribution >= 4 is 11.3 Å². The summed E-state index contributed by atoms with van der Waals surface area (Å²) in [6, 6.07) is 0. The molecule has 1 heterocycles. The Hall–Kier alpha value is -0.410. The Morgan fingerprint density at radius 2 is 2.00 bits per heavy atom. The number of nitrogens with two attached hydrogens (primary N) is 1. The fourth-order valence-electron chi connectivity index (χ4n) is 2.78. The second kappa shape index (κ2) is 4.69. The van der Waals surface area contributed by atoms with E-state index in [4.69, 9.17) is 10.7 Å². The van der Waals surface area contributed by atoms with Gasteiger partial charge in [-0.3, -0.25) is 0 Å². The minimum Gasteiger partial charge on any atom is -0.319 e. The molecule has 0 radical (unpaired) electrons. The van der Waals surface area contributed by atoms with Crippen LogP contribution in [0.15, 0.2) is 0 Å². The highest BCUT2D eigenvalue weighted by atomic mass is 32.1. The van der Waals surface area contributed by atoms with Crippen LogP contribution in [0.25, 0.3) is 0 Å². The highest BCUT2D eigenvalue weighted by molar-refractivity contribution is 7.12. The molecule has 0 aliphatic heterocycles. The standard InChI is InChI=1S/C14H24N2S/c1-5-14(15,6-2)13-16-11-8-9(3)7-10(4)12(11)17-13/h9-10H,5-8,15H2,1-4H3. The van der Waals surface area contributed by atoms with E-state index in [1.807, 2.05) is 11.3 Å². The summed E-state index contributed by atoms with van der Waals surface area (Å²) in [6.45, 7) is 8.98. The Morgan fingerprint density at radius 3 is 2.59 bits per heavy atom. The van der Waals surface area contributed by atoms with Gasteiger partial charge in [0, 0.05) is 4.88 Å². The first-order valence-corrected chi connectivity index (χ1v) is 7.60. The van der Waals surface area contributed by atoms with E-state index in [1.54, 1.807) is 0 Å². The Balaban J connectivity index is 2.37. The van der Waals surface area contributed by atoms with Crippen molar-refractivity contribution in [3.63, 3.8) is 0 Å². The number of aromatic nitrogens is 1. The summed E-state index contributed by atoms with van der Waals surface area (Å²) < 4.78 is 0. The molecule has 2 nitrogen and oxygen atoms in total. The van der Waals surface area contributed by atoms with Crippen LogP contribution in [-0.4, -0.2) is 4.98 Å². The molecular formula is C14H24N2S. The number of hydrogen-bond acceptors (Lipinski definition) is 3.